The molecule has 1 aromatic heterocycles. The lowest BCUT2D eigenvalue weighted by Crippen LogP contribution is -2.28. The van der Waals surface area contributed by atoms with E-state index in [0.29, 0.717) is 24.1 Å². The van der Waals surface area contributed by atoms with Crippen LogP contribution in [0, 0.1) is 6.92 Å². The number of hydrogen-bond acceptors (Lipinski definition) is 4. The SMILES string of the molecule is Cc1cccc(OCCNC(=O)c2cc(=O)c3ccccc3o2)c1. The van der Waals surface area contributed by atoms with Gasteiger partial charge in [-0.25, -0.2) is 0 Å². The van der Waals surface area contributed by atoms with E-state index >= 15 is 0 Å². The van der Waals surface area contributed by atoms with Crippen molar-refractivity contribution in [2.24, 2.45) is 0 Å². The van der Waals surface area contributed by atoms with E-state index in [1.54, 1.807) is 24.3 Å². The second-order valence-corrected chi connectivity index (χ2v) is 5.39. The van der Waals surface area contributed by atoms with Crippen molar-refractivity contribution in [3.05, 3.63) is 76.1 Å². The maximum atomic E-state index is 12.1. The van der Waals surface area contributed by atoms with E-state index in [4.69, 9.17) is 9.15 Å². The predicted molar refractivity (Wildman–Crippen MR) is 91.5 cm³/mol. The fourth-order valence-corrected chi connectivity index (χ4v) is 2.34. The maximum absolute atomic E-state index is 12.1. The van der Waals surface area contributed by atoms with Gasteiger partial charge in [-0.2, -0.15) is 0 Å². The van der Waals surface area contributed by atoms with Gasteiger partial charge in [0.1, 0.15) is 17.9 Å². The summed E-state index contributed by atoms with van der Waals surface area (Å²) in [6.45, 7) is 2.62. The van der Waals surface area contributed by atoms with Crippen LogP contribution in [0.1, 0.15) is 16.1 Å². The van der Waals surface area contributed by atoms with Crippen LogP contribution < -0.4 is 15.5 Å². The fourth-order valence-electron chi connectivity index (χ4n) is 2.34. The van der Waals surface area contributed by atoms with Gasteiger partial charge in [-0.1, -0.05) is 24.3 Å². The van der Waals surface area contributed by atoms with Crippen molar-refractivity contribution in [1.82, 2.24) is 5.32 Å². The Morgan fingerprint density at radius 2 is 1.96 bits per heavy atom. The van der Waals surface area contributed by atoms with E-state index in [-0.39, 0.29) is 11.2 Å². The number of carbonyl (C=O) groups is 1. The zero-order valence-corrected chi connectivity index (χ0v) is 13.2. The monoisotopic (exact) mass is 323 g/mol. The molecule has 5 nitrogen and oxygen atoms in total. The van der Waals surface area contributed by atoms with Crippen LogP contribution in [-0.2, 0) is 0 Å². The summed E-state index contributed by atoms with van der Waals surface area (Å²) in [5.41, 5.74) is 1.26. The number of benzene rings is 2. The van der Waals surface area contributed by atoms with Gasteiger partial charge in [0.15, 0.2) is 11.2 Å². The molecule has 5 heteroatoms. The molecule has 0 aliphatic carbocycles. The predicted octanol–water partition coefficient (Wildman–Crippen LogP) is 2.91. The lowest BCUT2D eigenvalue weighted by molar-refractivity contribution is 0.0920. The van der Waals surface area contributed by atoms with Crippen LogP contribution in [0.5, 0.6) is 5.75 Å². The number of nitrogens with one attached hydrogen (secondary N) is 1. The first kappa shape index (κ1) is 15.8. The summed E-state index contributed by atoms with van der Waals surface area (Å²) in [5.74, 6) is 0.307. The Balaban J connectivity index is 1.60. The second kappa shape index (κ2) is 7.00. The molecule has 0 spiro atoms. The third-order valence-electron chi connectivity index (χ3n) is 3.50. The summed E-state index contributed by atoms with van der Waals surface area (Å²) >= 11 is 0. The van der Waals surface area contributed by atoms with Crippen molar-refractivity contribution in [1.29, 1.82) is 0 Å². The first-order chi connectivity index (χ1) is 11.6. The van der Waals surface area contributed by atoms with Crippen molar-refractivity contribution >= 4 is 16.9 Å². The molecule has 24 heavy (non-hydrogen) atoms. The zero-order chi connectivity index (χ0) is 16.9. The summed E-state index contributed by atoms with van der Waals surface area (Å²) in [6.07, 6.45) is 0. The quantitative estimate of drug-likeness (QED) is 0.733. The number of amides is 1. The first-order valence-electron chi connectivity index (χ1n) is 7.64. The summed E-state index contributed by atoms with van der Waals surface area (Å²) < 4.78 is 11.0. The largest absolute Gasteiger partial charge is 0.492 e. The molecule has 0 fully saturated rings. The highest BCUT2D eigenvalue weighted by Crippen LogP contribution is 2.12. The van der Waals surface area contributed by atoms with Gasteiger partial charge in [-0.05, 0) is 36.8 Å². The molecule has 1 heterocycles. The molecule has 0 bridgehead atoms. The molecule has 1 amide bonds. The molecular formula is C19H17NO4. The number of rotatable bonds is 5. The average molecular weight is 323 g/mol. The topological polar surface area (TPSA) is 68.5 Å². The van der Waals surface area contributed by atoms with E-state index in [0.717, 1.165) is 11.3 Å². The van der Waals surface area contributed by atoms with Crippen LogP contribution in [-0.4, -0.2) is 19.1 Å². The molecule has 0 aliphatic heterocycles. The Morgan fingerprint density at radius 3 is 2.79 bits per heavy atom. The van der Waals surface area contributed by atoms with Gasteiger partial charge in [-0.3, -0.25) is 9.59 Å². The van der Waals surface area contributed by atoms with E-state index < -0.39 is 5.91 Å². The zero-order valence-electron chi connectivity index (χ0n) is 13.2. The minimum Gasteiger partial charge on any atom is -0.492 e. The van der Waals surface area contributed by atoms with Crippen LogP contribution >= 0.6 is 0 Å². The van der Waals surface area contributed by atoms with Crippen LogP contribution in [0.4, 0.5) is 0 Å². The summed E-state index contributed by atoms with van der Waals surface area (Å²) in [7, 11) is 0. The van der Waals surface area contributed by atoms with Crippen LogP contribution in [0.25, 0.3) is 11.0 Å². The Kier molecular flexibility index (Phi) is 4.61. The fraction of sp³-hybridized carbons (Fsp3) is 0.158. The van der Waals surface area contributed by atoms with E-state index in [2.05, 4.69) is 5.32 Å². The van der Waals surface area contributed by atoms with E-state index in [1.807, 2.05) is 31.2 Å². The Labute approximate surface area is 138 Å². The average Bonchev–Trinajstić information content (AvgIpc) is 2.58. The minimum atomic E-state index is -0.439. The molecule has 0 saturated carbocycles. The first-order valence-corrected chi connectivity index (χ1v) is 7.64. The highest BCUT2D eigenvalue weighted by molar-refractivity contribution is 5.93. The van der Waals surface area contributed by atoms with Gasteiger partial charge < -0.3 is 14.5 Å². The lowest BCUT2D eigenvalue weighted by atomic mass is 10.2. The third kappa shape index (κ3) is 3.63. The van der Waals surface area contributed by atoms with Crippen LogP contribution in [0.2, 0.25) is 0 Å². The lowest BCUT2D eigenvalue weighted by Gasteiger charge is -2.08. The highest BCUT2D eigenvalue weighted by Gasteiger charge is 2.11. The molecule has 122 valence electrons. The standard InChI is InChI=1S/C19H17NO4/c1-13-5-4-6-14(11-13)23-10-9-20-19(22)18-12-16(21)15-7-2-3-8-17(15)24-18/h2-8,11-12H,9-10H2,1H3,(H,20,22). The van der Waals surface area contributed by atoms with Gasteiger partial charge in [0.05, 0.1) is 11.9 Å². The normalized spacial score (nSPS) is 10.5. The van der Waals surface area contributed by atoms with Gasteiger partial charge in [-0.15, -0.1) is 0 Å². The van der Waals surface area contributed by atoms with E-state index in [9.17, 15) is 9.59 Å². The van der Waals surface area contributed by atoms with Crippen molar-refractivity contribution in [3.8, 4) is 5.75 Å². The van der Waals surface area contributed by atoms with E-state index in [1.165, 1.54) is 6.07 Å². The molecule has 0 radical (unpaired) electrons. The molecule has 0 unspecified atom stereocenters. The van der Waals surface area contributed by atoms with Gasteiger partial charge in [0.2, 0.25) is 0 Å². The molecule has 3 rings (SSSR count). The number of ether oxygens (including phenoxy) is 1. The van der Waals surface area contributed by atoms with Crippen LogP contribution in [0.15, 0.2) is 63.8 Å². The number of para-hydroxylation sites is 1. The van der Waals surface area contributed by atoms with Crippen molar-refractivity contribution < 1.29 is 13.9 Å². The summed E-state index contributed by atoms with van der Waals surface area (Å²) in [6, 6.07) is 15.7. The minimum absolute atomic E-state index is 0.00532. The Bertz CT molecular complexity index is 930. The summed E-state index contributed by atoms with van der Waals surface area (Å²) in [4.78, 5) is 24.1. The molecule has 1 N–H and O–H groups in total. The highest BCUT2D eigenvalue weighted by atomic mass is 16.5. The number of hydrogen-bond donors (Lipinski definition) is 1. The van der Waals surface area contributed by atoms with Crippen molar-refractivity contribution in [3.63, 3.8) is 0 Å². The van der Waals surface area contributed by atoms with Crippen molar-refractivity contribution in [2.75, 3.05) is 13.2 Å². The molecular weight excluding hydrogens is 306 g/mol. The van der Waals surface area contributed by atoms with Gasteiger partial charge >= 0.3 is 0 Å². The van der Waals surface area contributed by atoms with Crippen molar-refractivity contribution in [2.45, 2.75) is 6.92 Å². The Morgan fingerprint density at radius 1 is 1.12 bits per heavy atom. The molecule has 0 saturated heterocycles. The van der Waals surface area contributed by atoms with Gasteiger partial charge in [0, 0.05) is 6.07 Å². The van der Waals surface area contributed by atoms with Gasteiger partial charge in [0.25, 0.3) is 5.91 Å². The number of carbonyl (C=O) groups excluding carboxylic acids is 1. The summed E-state index contributed by atoms with van der Waals surface area (Å²) in [5, 5.41) is 3.13. The second-order valence-electron chi connectivity index (χ2n) is 5.39. The Hall–Kier alpha value is -3.08. The maximum Gasteiger partial charge on any atom is 0.287 e. The van der Waals surface area contributed by atoms with Crippen LogP contribution in [0.3, 0.4) is 0 Å². The molecule has 0 atom stereocenters. The molecule has 0 aliphatic rings. The molecule has 3 aromatic rings. The number of fused-ring (bicyclic) bond motifs is 1. The smallest absolute Gasteiger partial charge is 0.287 e. The molecule has 2 aromatic carbocycles. The third-order valence-corrected chi connectivity index (χ3v) is 3.50. The number of aryl methyl sites for hydroxylation is 1.